The van der Waals surface area contributed by atoms with E-state index in [-0.39, 0.29) is 0 Å². The number of aromatic nitrogens is 1. The van der Waals surface area contributed by atoms with Gasteiger partial charge in [-0.25, -0.2) is 0 Å². The van der Waals surface area contributed by atoms with Gasteiger partial charge in [0, 0.05) is 26.9 Å². The van der Waals surface area contributed by atoms with Crippen molar-refractivity contribution in [1.82, 2.24) is 4.98 Å². The number of hydrogen-bond donors (Lipinski definition) is 1. The van der Waals surface area contributed by atoms with Crippen molar-refractivity contribution >= 4 is 28.8 Å². The van der Waals surface area contributed by atoms with Gasteiger partial charge in [0.1, 0.15) is 0 Å². The van der Waals surface area contributed by atoms with Crippen LogP contribution in [0.1, 0.15) is 43.5 Å². The summed E-state index contributed by atoms with van der Waals surface area (Å²) in [5, 5.41) is 4.36. The third-order valence-electron chi connectivity index (χ3n) is 3.72. The summed E-state index contributed by atoms with van der Waals surface area (Å²) in [6.07, 6.45) is 7.51. The Balaban J connectivity index is 1.58. The maximum Gasteiger partial charge on any atom is 0.0795 e. The Bertz CT molecular complexity index is 516. The van der Waals surface area contributed by atoms with Gasteiger partial charge >= 0.3 is 0 Å². The summed E-state index contributed by atoms with van der Waals surface area (Å²) >= 11 is 3.74. The minimum Gasteiger partial charge on any atom is -0.378 e. The molecule has 1 aromatic carbocycles. The van der Waals surface area contributed by atoms with Crippen molar-refractivity contribution in [2.45, 2.75) is 48.8 Å². The summed E-state index contributed by atoms with van der Waals surface area (Å²) in [6.45, 7) is 2.18. The summed E-state index contributed by atoms with van der Waals surface area (Å²) in [6, 6.07) is 9.18. The molecule has 1 atom stereocenters. The average Bonchev–Trinajstić information content (AvgIpc) is 3.13. The van der Waals surface area contributed by atoms with E-state index in [0.29, 0.717) is 6.04 Å². The molecule has 1 unspecified atom stereocenters. The lowest BCUT2D eigenvalue weighted by molar-refractivity contribution is 0.886. The zero-order valence-electron chi connectivity index (χ0n) is 11.7. The number of anilines is 1. The van der Waals surface area contributed by atoms with Gasteiger partial charge < -0.3 is 5.32 Å². The van der Waals surface area contributed by atoms with Crippen LogP contribution in [0.15, 0.2) is 40.9 Å². The smallest absolute Gasteiger partial charge is 0.0795 e. The van der Waals surface area contributed by atoms with Crippen LogP contribution in [0.5, 0.6) is 0 Å². The van der Waals surface area contributed by atoms with Gasteiger partial charge in [0.25, 0.3) is 0 Å². The lowest BCUT2D eigenvalue weighted by atomic mass is 10.2. The van der Waals surface area contributed by atoms with E-state index in [1.807, 2.05) is 23.5 Å². The van der Waals surface area contributed by atoms with Crippen molar-refractivity contribution < 1.29 is 0 Å². The van der Waals surface area contributed by atoms with Crippen LogP contribution in [0.2, 0.25) is 0 Å². The molecule has 1 aromatic heterocycles. The highest BCUT2D eigenvalue weighted by Gasteiger charge is 2.16. The fraction of sp³-hybridized carbons (Fsp3) is 0.438. The Morgan fingerprint density at radius 2 is 2.00 bits per heavy atom. The molecule has 2 aromatic rings. The molecule has 1 saturated carbocycles. The fourth-order valence-electron chi connectivity index (χ4n) is 2.59. The second-order valence-electron chi connectivity index (χ2n) is 5.32. The molecule has 2 nitrogen and oxygen atoms in total. The fourth-order valence-corrected chi connectivity index (χ4v) is 4.46. The van der Waals surface area contributed by atoms with Crippen molar-refractivity contribution in [1.29, 1.82) is 0 Å². The van der Waals surface area contributed by atoms with Crippen molar-refractivity contribution in [2.24, 2.45) is 0 Å². The maximum atomic E-state index is 4.13. The van der Waals surface area contributed by atoms with E-state index >= 15 is 0 Å². The Labute approximate surface area is 129 Å². The number of nitrogens with zero attached hydrogens (tertiary/aromatic N) is 1. The third-order valence-corrected chi connectivity index (χ3v) is 6.03. The average molecular weight is 304 g/mol. The molecule has 1 N–H and O–H groups in total. The Kier molecular flexibility index (Phi) is 4.63. The van der Waals surface area contributed by atoms with Crippen LogP contribution in [0, 0.1) is 0 Å². The predicted octanol–water partition coefficient (Wildman–Crippen LogP) is 5.35. The molecule has 106 valence electrons. The Morgan fingerprint density at radius 1 is 1.25 bits per heavy atom. The van der Waals surface area contributed by atoms with Gasteiger partial charge in [0.05, 0.1) is 11.6 Å². The maximum absolute atomic E-state index is 4.13. The summed E-state index contributed by atoms with van der Waals surface area (Å²) < 4.78 is 0. The highest BCUT2D eigenvalue weighted by molar-refractivity contribution is 8.00. The van der Waals surface area contributed by atoms with Gasteiger partial charge in [-0.2, -0.15) is 0 Å². The van der Waals surface area contributed by atoms with Crippen LogP contribution in [-0.4, -0.2) is 10.2 Å². The number of thioether (sulfide) groups is 1. The molecule has 0 spiro atoms. The molecule has 1 aliphatic carbocycles. The SMILES string of the molecule is CC(Nc1ccc(SC2CCCC2)cc1)c1cncs1. The molecule has 0 amide bonds. The van der Waals surface area contributed by atoms with Gasteiger partial charge in [-0.15, -0.1) is 23.1 Å². The zero-order valence-corrected chi connectivity index (χ0v) is 13.3. The molecule has 0 aliphatic heterocycles. The van der Waals surface area contributed by atoms with E-state index in [2.05, 4.69) is 41.5 Å². The van der Waals surface area contributed by atoms with Crippen LogP contribution in [0.4, 0.5) is 5.69 Å². The summed E-state index contributed by atoms with van der Waals surface area (Å²) in [5.41, 5.74) is 3.07. The molecular formula is C16H20N2S2. The van der Waals surface area contributed by atoms with Crippen LogP contribution in [0.25, 0.3) is 0 Å². The van der Waals surface area contributed by atoms with E-state index < -0.39 is 0 Å². The molecule has 3 rings (SSSR count). The summed E-state index contributed by atoms with van der Waals surface area (Å²) in [5.74, 6) is 0. The lowest BCUT2D eigenvalue weighted by Crippen LogP contribution is -2.04. The van der Waals surface area contributed by atoms with Crippen LogP contribution in [-0.2, 0) is 0 Å². The zero-order chi connectivity index (χ0) is 13.8. The second-order valence-corrected chi connectivity index (χ2v) is 7.61. The molecule has 1 aliphatic rings. The van der Waals surface area contributed by atoms with E-state index in [9.17, 15) is 0 Å². The number of rotatable bonds is 5. The standard InChI is InChI=1S/C16H20N2S2/c1-12(16-10-17-11-19-16)18-13-6-8-15(9-7-13)20-14-4-2-3-5-14/h6-12,14,18H,2-5H2,1H3. The van der Waals surface area contributed by atoms with E-state index in [4.69, 9.17) is 0 Å². The molecule has 1 heterocycles. The molecule has 1 fully saturated rings. The quantitative estimate of drug-likeness (QED) is 0.806. The number of benzene rings is 1. The molecule has 0 bridgehead atoms. The summed E-state index contributed by atoms with van der Waals surface area (Å²) in [7, 11) is 0. The highest BCUT2D eigenvalue weighted by atomic mass is 32.2. The Hall–Kier alpha value is -1.00. The second kappa shape index (κ2) is 6.64. The van der Waals surface area contributed by atoms with Gasteiger partial charge in [-0.1, -0.05) is 12.8 Å². The molecule has 4 heteroatoms. The minimum absolute atomic E-state index is 0.316. The van der Waals surface area contributed by atoms with Crippen molar-refractivity contribution in [3.05, 3.63) is 40.8 Å². The molecule has 0 saturated heterocycles. The highest BCUT2D eigenvalue weighted by Crippen LogP contribution is 2.35. The largest absolute Gasteiger partial charge is 0.378 e. The molecule has 0 radical (unpaired) electrons. The normalized spacial score (nSPS) is 17.2. The predicted molar refractivity (Wildman–Crippen MR) is 88.7 cm³/mol. The van der Waals surface area contributed by atoms with E-state index in [0.717, 1.165) is 5.25 Å². The Morgan fingerprint density at radius 3 is 2.65 bits per heavy atom. The molecule has 20 heavy (non-hydrogen) atoms. The topological polar surface area (TPSA) is 24.9 Å². The monoisotopic (exact) mass is 304 g/mol. The number of nitrogens with one attached hydrogen (secondary N) is 1. The lowest BCUT2D eigenvalue weighted by Gasteiger charge is -2.14. The first-order valence-electron chi connectivity index (χ1n) is 7.23. The first-order valence-corrected chi connectivity index (χ1v) is 8.99. The van der Waals surface area contributed by atoms with Crippen molar-refractivity contribution in [3.8, 4) is 0 Å². The molecular weight excluding hydrogens is 284 g/mol. The van der Waals surface area contributed by atoms with Crippen molar-refractivity contribution in [2.75, 3.05) is 5.32 Å². The first kappa shape index (κ1) is 14.0. The van der Waals surface area contributed by atoms with E-state index in [1.165, 1.54) is 41.1 Å². The van der Waals surface area contributed by atoms with Gasteiger partial charge in [-0.05, 0) is 44.0 Å². The first-order chi connectivity index (χ1) is 9.81. The van der Waals surface area contributed by atoms with Crippen LogP contribution < -0.4 is 5.32 Å². The number of hydrogen-bond acceptors (Lipinski definition) is 4. The number of thiazole rings is 1. The minimum atomic E-state index is 0.316. The van der Waals surface area contributed by atoms with Gasteiger partial charge in [-0.3, -0.25) is 4.98 Å². The van der Waals surface area contributed by atoms with Crippen LogP contribution >= 0.6 is 23.1 Å². The van der Waals surface area contributed by atoms with Gasteiger partial charge in [0.15, 0.2) is 0 Å². The summed E-state index contributed by atoms with van der Waals surface area (Å²) in [4.78, 5) is 6.80. The van der Waals surface area contributed by atoms with Gasteiger partial charge in [0.2, 0.25) is 0 Å². The van der Waals surface area contributed by atoms with Crippen LogP contribution in [0.3, 0.4) is 0 Å². The van der Waals surface area contributed by atoms with E-state index in [1.54, 1.807) is 11.3 Å². The van der Waals surface area contributed by atoms with Crippen molar-refractivity contribution in [3.63, 3.8) is 0 Å². The third kappa shape index (κ3) is 3.55.